The summed E-state index contributed by atoms with van der Waals surface area (Å²) < 4.78 is 5.65. The molecule has 196 valence electrons. The van der Waals surface area contributed by atoms with E-state index in [0.29, 0.717) is 13.2 Å². The van der Waals surface area contributed by atoms with E-state index in [0.717, 1.165) is 47.9 Å². The Balaban J connectivity index is 1.66. The van der Waals surface area contributed by atoms with Gasteiger partial charge in [0.15, 0.2) is 0 Å². The van der Waals surface area contributed by atoms with E-state index in [1.54, 1.807) is 11.2 Å². The molecule has 4 heterocycles. The largest absolute Gasteiger partial charge is 0.494 e. The van der Waals surface area contributed by atoms with Gasteiger partial charge in [-0.1, -0.05) is 49.9 Å². The van der Waals surface area contributed by atoms with Crippen LogP contribution in [0, 0.1) is 0 Å². The molecular formula is C29H38N6O2. The second-order valence-corrected chi connectivity index (χ2v) is 9.05. The van der Waals surface area contributed by atoms with Crippen LogP contribution in [-0.4, -0.2) is 57.4 Å². The van der Waals surface area contributed by atoms with Crippen LogP contribution in [0.25, 0.3) is 0 Å². The molecule has 0 amide bonds. The lowest BCUT2D eigenvalue weighted by atomic mass is 10.1. The van der Waals surface area contributed by atoms with Crippen molar-refractivity contribution in [3.63, 3.8) is 0 Å². The van der Waals surface area contributed by atoms with Crippen LogP contribution >= 0.6 is 0 Å². The summed E-state index contributed by atoms with van der Waals surface area (Å²) in [6.45, 7) is 13.0. The zero-order chi connectivity index (χ0) is 26.2. The molecule has 0 aliphatic carbocycles. The number of nitrogens with one attached hydrogen (secondary N) is 2. The molecule has 3 aliphatic heterocycles. The van der Waals surface area contributed by atoms with Gasteiger partial charge in [0.05, 0.1) is 31.0 Å². The van der Waals surface area contributed by atoms with E-state index in [2.05, 4.69) is 70.5 Å². The Morgan fingerprint density at radius 1 is 1.24 bits per heavy atom. The van der Waals surface area contributed by atoms with E-state index in [9.17, 15) is 5.11 Å². The molecule has 8 nitrogen and oxygen atoms in total. The molecule has 8 heteroatoms. The highest BCUT2D eigenvalue weighted by molar-refractivity contribution is 5.37. The maximum atomic E-state index is 10.9. The second kappa shape index (κ2) is 12.6. The first kappa shape index (κ1) is 26.5. The van der Waals surface area contributed by atoms with Crippen molar-refractivity contribution in [2.75, 3.05) is 26.3 Å². The molecule has 0 aromatic carbocycles. The van der Waals surface area contributed by atoms with E-state index >= 15 is 0 Å². The van der Waals surface area contributed by atoms with E-state index in [1.807, 2.05) is 49.6 Å². The molecule has 1 aromatic rings. The highest BCUT2D eigenvalue weighted by Crippen LogP contribution is 2.30. The predicted molar refractivity (Wildman–Crippen MR) is 147 cm³/mol. The van der Waals surface area contributed by atoms with Gasteiger partial charge in [0, 0.05) is 43.3 Å². The van der Waals surface area contributed by atoms with Crippen molar-refractivity contribution in [1.82, 2.24) is 30.8 Å². The van der Waals surface area contributed by atoms with Crippen LogP contribution in [0.3, 0.4) is 0 Å². The van der Waals surface area contributed by atoms with Crippen molar-refractivity contribution < 1.29 is 9.84 Å². The van der Waals surface area contributed by atoms with Crippen LogP contribution < -0.4 is 10.9 Å². The molecule has 1 aromatic heterocycles. The average molecular weight is 503 g/mol. The van der Waals surface area contributed by atoms with Crippen LogP contribution in [0.1, 0.15) is 38.8 Å². The molecule has 1 fully saturated rings. The number of nitrogens with zero attached hydrogens (tertiary/aromatic N) is 4. The SMILES string of the molecule is C=C/C=C(\C=C/C)C1C=C(C)N(/C(=C\C(=C/CC)N2NC(c3cccnc3)C=C2O)N2CCOCC2)N1. The molecule has 2 atom stereocenters. The lowest BCUT2D eigenvalue weighted by molar-refractivity contribution is 0.0366. The number of rotatable bonds is 9. The Labute approximate surface area is 220 Å². The van der Waals surface area contributed by atoms with Crippen molar-refractivity contribution in [3.05, 3.63) is 114 Å². The van der Waals surface area contributed by atoms with Crippen LogP contribution in [-0.2, 0) is 4.74 Å². The molecule has 2 unspecified atom stereocenters. The second-order valence-electron chi connectivity index (χ2n) is 9.05. The zero-order valence-corrected chi connectivity index (χ0v) is 22.0. The molecule has 3 aliphatic rings. The third-order valence-corrected chi connectivity index (χ3v) is 6.43. The van der Waals surface area contributed by atoms with Crippen LogP contribution in [0.5, 0.6) is 0 Å². The summed E-state index contributed by atoms with van der Waals surface area (Å²) in [4.78, 5) is 6.55. The highest BCUT2D eigenvalue weighted by Gasteiger charge is 2.31. The number of aromatic nitrogens is 1. The molecule has 0 spiro atoms. The summed E-state index contributed by atoms with van der Waals surface area (Å²) in [7, 11) is 0. The van der Waals surface area contributed by atoms with E-state index in [4.69, 9.17) is 4.74 Å². The minimum absolute atomic E-state index is 0.0189. The number of pyridine rings is 1. The fourth-order valence-corrected chi connectivity index (χ4v) is 4.65. The quantitative estimate of drug-likeness (QED) is 0.424. The molecule has 37 heavy (non-hydrogen) atoms. The number of aliphatic hydroxyl groups is 1. The highest BCUT2D eigenvalue weighted by atomic mass is 16.5. The standard InChI is InChI=1S/C29H38N6O2/c1-5-9-23(10-6-2)26-18-22(4)34(31-26)28(33-14-16-37-17-15-33)19-25(11-7-3)35-29(36)20-27(32-35)24-12-8-13-30-21-24/h5-6,8-13,18-21,26-27,31-32,36H,1,7,14-17H2,2-4H3/b10-6-,23-9+,25-11+,28-19-. The summed E-state index contributed by atoms with van der Waals surface area (Å²) in [6, 6.07) is 3.75. The van der Waals surface area contributed by atoms with Gasteiger partial charge in [0.1, 0.15) is 5.82 Å². The predicted octanol–water partition coefficient (Wildman–Crippen LogP) is 4.59. The molecule has 0 radical (unpaired) electrons. The maximum absolute atomic E-state index is 10.9. The lowest BCUT2D eigenvalue weighted by Gasteiger charge is -2.37. The Kier molecular flexibility index (Phi) is 9.00. The van der Waals surface area contributed by atoms with Crippen molar-refractivity contribution in [1.29, 1.82) is 0 Å². The number of allylic oxidation sites excluding steroid dienone is 6. The fraction of sp³-hybridized carbons (Fsp3) is 0.345. The van der Waals surface area contributed by atoms with Crippen molar-refractivity contribution in [2.45, 2.75) is 39.3 Å². The van der Waals surface area contributed by atoms with E-state index in [-0.39, 0.29) is 18.0 Å². The topological polar surface area (TPSA) is 76.1 Å². The average Bonchev–Trinajstić information content (AvgIpc) is 3.50. The van der Waals surface area contributed by atoms with Gasteiger partial charge in [-0.05, 0) is 43.5 Å². The maximum Gasteiger partial charge on any atom is 0.204 e. The van der Waals surface area contributed by atoms with Gasteiger partial charge >= 0.3 is 0 Å². The van der Waals surface area contributed by atoms with Gasteiger partial charge in [0.2, 0.25) is 5.88 Å². The van der Waals surface area contributed by atoms with Gasteiger partial charge < -0.3 is 14.7 Å². The van der Waals surface area contributed by atoms with Crippen molar-refractivity contribution in [2.24, 2.45) is 0 Å². The van der Waals surface area contributed by atoms with E-state index < -0.39 is 0 Å². The molecule has 4 rings (SSSR count). The van der Waals surface area contributed by atoms with Gasteiger partial charge in [-0.15, -0.1) is 0 Å². The minimum atomic E-state index is -0.169. The first-order valence-electron chi connectivity index (χ1n) is 12.9. The summed E-state index contributed by atoms with van der Waals surface area (Å²) in [5, 5.41) is 14.8. The zero-order valence-electron chi connectivity index (χ0n) is 22.0. The van der Waals surface area contributed by atoms with Crippen molar-refractivity contribution >= 4 is 0 Å². The van der Waals surface area contributed by atoms with Gasteiger partial charge in [-0.3, -0.25) is 9.99 Å². The Bertz CT molecular complexity index is 1130. The monoisotopic (exact) mass is 502 g/mol. The first-order chi connectivity index (χ1) is 18.0. The number of morpholine rings is 1. The normalized spacial score (nSPS) is 23.6. The van der Waals surface area contributed by atoms with E-state index in [1.165, 1.54) is 0 Å². The Morgan fingerprint density at radius 2 is 2.05 bits per heavy atom. The van der Waals surface area contributed by atoms with Crippen LogP contribution in [0.4, 0.5) is 0 Å². The smallest absolute Gasteiger partial charge is 0.204 e. The van der Waals surface area contributed by atoms with Crippen molar-refractivity contribution in [3.8, 4) is 0 Å². The Hall–Kier alpha value is -3.59. The minimum Gasteiger partial charge on any atom is -0.494 e. The summed E-state index contributed by atoms with van der Waals surface area (Å²) in [5.41, 5.74) is 11.2. The molecule has 1 saturated heterocycles. The molecule has 3 N–H and O–H groups in total. The summed E-state index contributed by atoms with van der Waals surface area (Å²) in [5.74, 6) is 1.16. The number of hydrazine groups is 2. The first-order valence-corrected chi connectivity index (χ1v) is 12.9. The third kappa shape index (κ3) is 6.22. The van der Waals surface area contributed by atoms with Gasteiger partial charge in [-0.2, -0.15) is 0 Å². The van der Waals surface area contributed by atoms with Gasteiger partial charge in [0.25, 0.3) is 0 Å². The molecule has 0 saturated carbocycles. The number of ether oxygens (including phenoxy) is 1. The fourth-order valence-electron chi connectivity index (χ4n) is 4.65. The molecular weight excluding hydrogens is 464 g/mol. The van der Waals surface area contributed by atoms with Crippen LogP contribution in [0.2, 0.25) is 0 Å². The lowest BCUT2D eigenvalue weighted by Crippen LogP contribution is -2.46. The summed E-state index contributed by atoms with van der Waals surface area (Å²) >= 11 is 0. The van der Waals surface area contributed by atoms with Crippen LogP contribution in [0.15, 0.2) is 108 Å². The Morgan fingerprint density at radius 3 is 2.73 bits per heavy atom. The summed E-state index contributed by atoms with van der Waals surface area (Å²) in [6.07, 6.45) is 20.6. The molecule has 0 bridgehead atoms. The number of aliphatic hydroxyl groups excluding tert-OH is 1. The van der Waals surface area contributed by atoms with Gasteiger partial charge in [-0.25, -0.2) is 15.9 Å². The number of hydrogen-bond donors (Lipinski definition) is 3. The number of hydrogen-bond acceptors (Lipinski definition) is 8. The third-order valence-electron chi connectivity index (χ3n) is 6.43.